The number of pyridine rings is 1. The van der Waals surface area contributed by atoms with Crippen molar-refractivity contribution in [2.45, 2.75) is 9.24 Å². The van der Waals surface area contributed by atoms with Gasteiger partial charge in [0.15, 0.2) is 6.10 Å². The van der Waals surface area contributed by atoms with Gasteiger partial charge in [-0.1, -0.05) is 54.1 Å². The molecule has 0 fully saturated rings. The minimum atomic E-state index is -2.09. The van der Waals surface area contributed by atoms with Crippen LogP contribution in [0, 0.1) is 0 Å². The summed E-state index contributed by atoms with van der Waals surface area (Å²) < 4.78 is 18.0. The Balaban J connectivity index is 2.00. The van der Waals surface area contributed by atoms with Crippen LogP contribution in [-0.4, -0.2) is 8.12 Å². The van der Waals surface area contributed by atoms with Crippen LogP contribution in [0.4, 0.5) is 4.39 Å². The molecule has 0 aliphatic rings. The second-order valence-electron chi connectivity index (χ2n) is 4.81. The Morgan fingerprint density at radius 1 is 1.05 bits per heavy atom. The molecule has 1 heterocycles. The molecule has 1 aromatic heterocycles. The predicted octanol–water partition coefficient (Wildman–Crippen LogP) is 5.65. The highest BCUT2D eigenvalue weighted by atomic mass is 127. The van der Waals surface area contributed by atoms with Crippen LogP contribution in [0.2, 0.25) is 0 Å². The average Bonchev–Trinajstić information content (AvgIpc) is 2.52. The third-order valence-electron chi connectivity index (χ3n) is 3.25. The Labute approximate surface area is 146 Å². The highest BCUT2D eigenvalue weighted by molar-refractivity contribution is 14.1. The molecule has 0 aliphatic carbocycles. The normalized spacial score (nSPS) is 15.2. The first kappa shape index (κ1) is 15.5. The minimum absolute atomic E-state index is 0.333. The van der Waals surface area contributed by atoms with Crippen LogP contribution in [0.25, 0.3) is 10.8 Å². The maximum atomic E-state index is 14.4. The van der Waals surface area contributed by atoms with Gasteiger partial charge in [0.25, 0.3) is 3.13 Å². The molecule has 0 aliphatic heterocycles. The van der Waals surface area contributed by atoms with Crippen LogP contribution in [0.1, 0.15) is 11.7 Å². The SMILES string of the molecule is FC(Cl)(I)C(Oc1ccccn1)c1ccc2ccccc2c1. The van der Waals surface area contributed by atoms with Crippen molar-refractivity contribution < 1.29 is 9.13 Å². The fraction of sp³-hybridized carbons (Fsp3) is 0.118. The molecular formula is C17H12ClFINO. The van der Waals surface area contributed by atoms with Crippen LogP contribution in [0.15, 0.2) is 66.9 Å². The first-order valence-electron chi connectivity index (χ1n) is 6.67. The van der Waals surface area contributed by atoms with E-state index in [1.165, 1.54) is 22.6 Å². The lowest BCUT2D eigenvalue weighted by Crippen LogP contribution is -2.23. The maximum Gasteiger partial charge on any atom is 0.274 e. The Hall–Kier alpha value is -1.40. The van der Waals surface area contributed by atoms with Crippen LogP contribution in [-0.2, 0) is 0 Å². The van der Waals surface area contributed by atoms with E-state index in [-0.39, 0.29) is 0 Å². The van der Waals surface area contributed by atoms with E-state index in [1.807, 2.05) is 42.5 Å². The number of aromatic nitrogens is 1. The number of hydrogen-bond donors (Lipinski definition) is 0. The Bertz CT molecular complexity index is 776. The molecule has 2 unspecified atom stereocenters. The van der Waals surface area contributed by atoms with Crippen molar-refractivity contribution in [3.8, 4) is 5.88 Å². The summed E-state index contributed by atoms with van der Waals surface area (Å²) in [5.74, 6) is 0.333. The van der Waals surface area contributed by atoms with Crippen molar-refractivity contribution in [2.75, 3.05) is 0 Å². The molecule has 0 bridgehead atoms. The molecule has 0 amide bonds. The Morgan fingerprint density at radius 3 is 2.45 bits per heavy atom. The van der Waals surface area contributed by atoms with Crippen molar-refractivity contribution >= 4 is 45.0 Å². The van der Waals surface area contributed by atoms with Crippen LogP contribution in [0.3, 0.4) is 0 Å². The molecule has 0 saturated carbocycles. The van der Waals surface area contributed by atoms with Gasteiger partial charge in [-0.05, 0) is 51.1 Å². The van der Waals surface area contributed by atoms with E-state index in [2.05, 4.69) is 4.98 Å². The largest absolute Gasteiger partial charge is 0.464 e. The molecule has 112 valence electrons. The molecule has 0 saturated heterocycles. The summed E-state index contributed by atoms with van der Waals surface area (Å²) >= 11 is 7.44. The zero-order valence-corrected chi connectivity index (χ0v) is 14.3. The minimum Gasteiger partial charge on any atom is -0.464 e. The summed E-state index contributed by atoms with van der Waals surface area (Å²) in [6.07, 6.45) is 0.628. The van der Waals surface area contributed by atoms with Gasteiger partial charge in [-0.2, -0.15) is 0 Å². The molecule has 2 aromatic carbocycles. The van der Waals surface area contributed by atoms with E-state index in [9.17, 15) is 4.39 Å². The van der Waals surface area contributed by atoms with Gasteiger partial charge in [0.1, 0.15) is 0 Å². The van der Waals surface area contributed by atoms with Gasteiger partial charge in [-0.25, -0.2) is 9.37 Å². The zero-order chi connectivity index (χ0) is 15.6. The van der Waals surface area contributed by atoms with Crippen molar-refractivity contribution in [3.63, 3.8) is 0 Å². The topological polar surface area (TPSA) is 22.1 Å². The fourth-order valence-corrected chi connectivity index (χ4v) is 2.89. The number of alkyl halides is 3. The molecule has 3 rings (SSSR count). The van der Waals surface area contributed by atoms with Gasteiger partial charge < -0.3 is 4.74 Å². The number of fused-ring (bicyclic) bond motifs is 1. The van der Waals surface area contributed by atoms with Gasteiger partial charge in [0.2, 0.25) is 5.88 Å². The number of nitrogens with zero attached hydrogens (tertiary/aromatic N) is 1. The lowest BCUT2D eigenvalue weighted by molar-refractivity contribution is 0.130. The van der Waals surface area contributed by atoms with Crippen molar-refractivity contribution in [3.05, 3.63) is 72.4 Å². The quantitative estimate of drug-likeness (QED) is 0.396. The average molecular weight is 428 g/mol. The van der Waals surface area contributed by atoms with Crippen LogP contribution >= 0.6 is 34.2 Å². The molecule has 2 nitrogen and oxygen atoms in total. The zero-order valence-electron chi connectivity index (χ0n) is 11.4. The van der Waals surface area contributed by atoms with Crippen molar-refractivity contribution in [1.82, 2.24) is 4.98 Å². The molecule has 2 atom stereocenters. The molecule has 5 heteroatoms. The van der Waals surface area contributed by atoms with Crippen LogP contribution < -0.4 is 4.74 Å². The van der Waals surface area contributed by atoms with Gasteiger partial charge in [-0.15, -0.1) is 0 Å². The standard InChI is InChI=1S/C17H12ClFINO/c18-17(19,20)16(22-15-7-3-4-10-21-15)14-9-8-12-5-1-2-6-13(12)11-14/h1-11,16H. The summed E-state index contributed by atoms with van der Waals surface area (Å²) in [7, 11) is 0. The van der Waals surface area contributed by atoms with Gasteiger partial charge in [0.05, 0.1) is 0 Å². The van der Waals surface area contributed by atoms with Crippen LogP contribution in [0.5, 0.6) is 5.88 Å². The van der Waals surface area contributed by atoms with Gasteiger partial charge in [-0.3, -0.25) is 0 Å². The first-order chi connectivity index (χ1) is 10.5. The van der Waals surface area contributed by atoms with Gasteiger partial charge in [0, 0.05) is 12.3 Å². The number of halogens is 3. The molecular weight excluding hydrogens is 416 g/mol. The van der Waals surface area contributed by atoms with E-state index >= 15 is 0 Å². The summed E-state index contributed by atoms with van der Waals surface area (Å²) in [6, 6.07) is 18.7. The second-order valence-corrected chi connectivity index (χ2v) is 7.57. The highest BCUT2D eigenvalue weighted by Crippen LogP contribution is 2.42. The lowest BCUT2D eigenvalue weighted by atomic mass is 10.0. The third-order valence-corrected chi connectivity index (χ3v) is 4.01. The third kappa shape index (κ3) is 3.50. The van der Waals surface area contributed by atoms with E-state index in [4.69, 9.17) is 16.3 Å². The molecule has 0 N–H and O–H groups in total. The first-order valence-corrected chi connectivity index (χ1v) is 8.13. The Kier molecular flexibility index (Phi) is 4.49. The molecule has 22 heavy (non-hydrogen) atoms. The van der Waals surface area contributed by atoms with E-state index in [0.717, 1.165) is 10.8 Å². The van der Waals surface area contributed by atoms with E-state index < -0.39 is 9.24 Å². The predicted molar refractivity (Wildman–Crippen MR) is 95.3 cm³/mol. The highest BCUT2D eigenvalue weighted by Gasteiger charge is 2.38. The summed E-state index contributed by atoms with van der Waals surface area (Å²) in [4.78, 5) is 4.07. The summed E-state index contributed by atoms with van der Waals surface area (Å²) in [5.41, 5.74) is 0.663. The number of benzene rings is 2. The fourth-order valence-electron chi connectivity index (χ4n) is 2.23. The summed E-state index contributed by atoms with van der Waals surface area (Å²) in [5, 5.41) is 2.09. The van der Waals surface area contributed by atoms with Crippen molar-refractivity contribution in [1.29, 1.82) is 0 Å². The monoisotopic (exact) mass is 427 g/mol. The molecule has 0 radical (unpaired) electrons. The van der Waals surface area contributed by atoms with Crippen molar-refractivity contribution in [2.24, 2.45) is 0 Å². The Morgan fingerprint density at radius 2 is 1.77 bits per heavy atom. The molecule has 0 spiro atoms. The van der Waals surface area contributed by atoms with E-state index in [0.29, 0.717) is 11.4 Å². The van der Waals surface area contributed by atoms with E-state index in [1.54, 1.807) is 24.4 Å². The van der Waals surface area contributed by atoms with Gasteiger partial charge >= 0.3 is 0 Å². The number of rotatable bonds is 4. The molecule has 3 aromatic rings. The lowest BCUT2D eigenvalue weighted by Gasteiger charge is -2.24. The smallest absolute Gasteiger partial charge is 0.274 e. The second kappa shape index (κ2) is 6.38. The maximum absolute atomic E-state index is 14.4. The number of hydrogen-bond acceptors (Lipinski definition) is 2. The summed E-state index contributed by atoms with van der Waals surface area (Å²) in [6.45, 7) is 0. The number of ether oxygens (including phenoxy) is 1.